The van der Waals surface area contributed by atoms with Gasteiger partial charge in [0.05, 0.1) is 6.04 Å². The normalized spacial score (nSPS) is 17.5. The molecule has 1 unspecified atom stereocenters. The Labute approximate surface area is 79.5 Å². The summed E-state index contributed by atoms with van der Waals surface area (Å²) in [6, 6.07) is -0.170. The van der Waals surface area contributed by atoms with Crippen LogP contribution in [-0.4, -0.2) is 30.1 Å². The lowest BCUT2D eigenvalue weighted by atomic mass is 10.1. The van der Waals surface area contributed by atoms with E-state index in [2.05, 4.69) is 11.2 Å². The van der Waals surface area contributed by atoms with Crippen LogP contribution in [0.4, 0.5) is 4.79 Å². The van der Waals surface area contributed by atoms with E-state index in [0.717, 1.165) is 19.5 Å². The fourth-order valence-electron chi connectivity index (χ4n) is 1.14. The van der Waals surface area contributed by atoms with Crippen LogP contribution in [0.25, 0.3) is 0 Å². The number of nitrogens with one attached hydrogen (secondary N) is 1. The van der Waals surface area contributed by atoms with Gasteiger partial charge in [0.15, 0.2) is 0 Å². The molecule has 13 heavy (non-hydrogen) atoms. The number of likely N-dealkylation sites (tertiary alicyclic amines) is 1. The number of rotatable bonds is 2. The first-order valence-corrected chi connectivity index (χ1v) is 4.66. The van der Waals surface area contributed by atoms with Gasteiger partial charge in [0.1, 0.15) is 0 Å². The highest BCUT2D eigenvalue weighted by atomic mass is 16.2. The zero-order valence-electron chi connectivity index (χ0n) is 8.21. The molecular weight excluding hydrogens is 164 g/mol. The van der Waals surface area contributed by atoms with E-state index < -0.39 is 0 Å². The summed E-state index contributed by atoms with van der Waals surface area (Å²) in [6.07, 6.45) is 6.41. The molecule has 0 saturated carbocycles. The molecule has 0 aromatic rings. The minimum atomic E-state index is -0.145. The van der Waals surface area contributed by atoms with E-state index in [-0.39, 0.29) is 18.0 Å². The average Bonchev–Trinajstić information content (AvgIpc) is 1.96. The van der Waals surface area contributed by atoms with Crippen LogP contribution in [0.3, 0.4) is 0 Å². The predicted octanol–water partition coefficient (Wildman–Crippen LogP) is 1.06. The van der Waals surface area contributed by atoms with Crippen molar-refractivity contribution in [3.8, 4) is 12.3 Å². The van der Waals surface area contributed by atoms with Gasteiger partial charge in [-0.05, 0) is 12.3 Å². The van der Waals surface area contributed by atoms with Crippen molar-refractivity contribution in [2.24, 2.45) is 5.92 Å². The van der Waals surface area contributed by atoms with E-state index in [9.17, 15) is 4.79 Å². The minimum absolute atomic E-state index is 0.0251. The standard InChI is InChI=1S/C10H16N2O/c1-4-9(8(2)3)11-10(13)12-6-5-7-12/h1,8-9H,5-7H2,2-3H3,(H,11,13). The molecule has 72 valence electrons. The van der Waals surface area contributed by atoms with E-state index in [4.69, 9.17) is 6.42 Å². The van der Waals surface area contributed by atoms with Gasteiger partial charge < -0.3 is 10.2 Å². The van der Waals surface area contributed by atoms with Crippen LogP contribution >= 0.6 is 0 Å². The maximum Gasteiger partial charge on any atom is 0.318 e. The lowest BCUT2D eigenvalue weighted by Crippen LogP contribution is -2.51. The van der Waals surface area contributed by atoms with Gasteiger partial charge in [0.2, 0.25) is 0 Å². The van der Waals surface area contributed by atoms with E-state index in [1.54, 1.807) is 4.90 Å². The van der Waals surface area contributed by atoms with Crippen molar-refractivity contribution < 1.29 is 4.79 Å². The maximum atomic E-state index is 11.4. The molecule has 0 bridgehead atoms. The van der Waals surface area contributed by atoms with Gasteiger partial charge in [-0.15, -0.1) is 6.42 Å². The van der Waals surface area contributed by atoms with Crippen LogP contribution in [-0.2, 0) is 0 Å². The van der Waals surface area contributed by atoms with Crippen molar-refractivity contribution in [3.63, 3.8) is 0 Å². The van der Waals surface area contributed by atoms with Crippen LogP contribution in [0.5, 0.6) is 0 Å². The monoisotopic (exact) mass is 180 g/mol. The lowest BCUT2D eigenvalue weighted by molar-refractivity contribution is 0.164. The molecule has 0 aromatic heterocycles. The topological polar surface area (TPSA) is 32.3 Å². The fourth-order valence-corrected chi connectivity index (χ4v) is 1.14. The van der Waals surface area contributed by atoms with Gasteiger partial charge in [-0.25, -0.2) is 4.79 Å². The summed E-state index contributed by atoms with van der Waals surface area (Å²) in [6.45, 7) is 5.73. The van der Waals surface area contributed by atoms with Crippen LogP contribution in [0.1, 0.15) is 20.3 Å². The quantitative estimate of drug-likeness (QED) is 0.633. The van der Waals surface area contributed by atoms with E-state index in [1.165, 1.54) is 0 Å². The summed E-state index contributed by atoms with van der Waals surface area (Å²) in [5.41, 5.74) is 0. The summed E-state index contributed by atoms with van der Waals surface area (Å²) in [7, 11) is 0. The molecule has 0 aromatic carbocycles. The molecule has 1 heterocycles. The highest BCUT2D eigenvalue weighted by molar-refractivity contribution is 5.75. The Morgan fingerprint density at radius 3 is 2.46 bits per heavy atom. The molecule has 1 aliphatic heterocycles. The molecule has 3 nitrogen and oxygen atoms in total. The molecule has 0 radical (unpaired) electrons. The van der Waals surface area contributed by atoms with E-state index >= 15 is 0 Å². The van der Waals surface area contributed by atoms with Crippen molar-refractivity contribution in [3.05, 3.63) is 0 Å². The third kappa shape index (κ3) is 2.38. The highest BCUT2D eigenvalue weighted by Crippen LogP contribution is 2.07. The second kappa shape index (κ2) is 4.18. The predicted molar refractivity (Wildman–Crippen MR) is 52.2 cm³/mol. The zero-order valence-corrected chi connectivity index (χ0v) is 8.21. The SMILES string of the molecule is C#CC(NC(=O)N1CCC1)C(C)C. The molecule has 1 aliphatic rings. The number of terminal acetylenes is 1. The molecule has 0 aliphatic carbocycles. The molecule has 1 rings (SSSR count). The summed E-state index contributed by atoms with van der Waals surface area (Å²) in [4.78, 5) is 13.2. The van der Waals surface area contributed by atoms with Crippen molar-refractivity contribution >= 4 is 6.03 Å². The first-order chi connectivity index (χ1) is 6.15. The number of hydrogen-bond donors (Lipinski definition) is 1. The molecule has 0 spiro atoms. The molecule has 1 atom stereocenters. The van der Waals surface area contributed by atoms with Crippen LogP contribution < -0.4 is 5.32 Å². The Kier molecular flexibility index (Phi) is 3.18. The number of amides is 2. The van der Waals surface area contributed by atoms with Crippen molar-refractivity contribution in [1.29, 1.82) is 0 Å². The van der Waals surface area contributed by atoms with Gasteiger partial charge in [0.25, 0.3) is 0 Å². The molecular formula is C10H16N2O. The Balaban J connectivity index is 2.37. The molecule has 1 N–H and O–H groups in total. The highest BCUT2D eigenvalue weighted by Gasteiger charge is 2.22. The van der Waals surface area contributed by atoms with Gasteiger partial charge in [0, 0.05) is 13.1 Å². The summed E-state index contributed by atoms with van der Waals surface area (Å²) in [5, 5.41) is 2.82. The third-order valence-electron chi connectivity index (χ3n) is 2.27. The van der Waals surface area contributed by atoms with Gasteiger partial charge in [-0.2, -0.15) is 0 Å². The van der Waals surface area contributed by atoms with E-state index in [1.807, 2.05) is 13.8 Å². The Bertz CT molecular complexity index is 226. The lowest BCUT2D eigenvalue weighted by Gasteiger charge is -2.32. The van der Waals surface area contributed by atoms with Crippen molar-refractivity contribution in [2.75, 3.05) is 13.1 Å². The molecule has 1 saturated heterocycles. The third-order valence-corrected chi connectivity index (χ3v) is 2.27. The summed E-state index contributed by atoms with van der Waals surface area (Å²) >= 11 is 0. The second-order valence-electron chi connectivity index (χ2n) is 3.68. The number of nitrogens with zero attached hydrogens (tertiary/aromatic N) is 1. The largest absolute Gasteiger partial charge is 0.325 e. The Morgan fingerprint density at radius 2 is 2.15 bits per heavy atom. The first-order valence-electron chi connectivity index (χ1n) is 4.66. The number of carbonyl (C=O) groups excluding carboxylic acids is 1. The van der Waals surface area contributed by atoms with Crippen LogP contribution in [0.2, 0.25) is 0 Å². The van der Waals surface area contributed by atoms with Gasteiger partial charge in [-0.1, -0.05) is 19.8 Å². The molecule has 2 amide bonds. The fraction of sp³-hybridized carbons (Fsp3) is 0.700. The smallest absolute Gasteiger partial charge is 0.318 e. The summed E-state index contributed by atoms with van der Waals surface area (Å²) < 4.78 is 0. The average molecular weight is 180 g/mol. The van der Waals surface area contributed by atoms with Crippen LogP contribution in [0.15, 0.2) is 0 Å². The van der Waals surface area contributed by atoms with Gasteiger partial charge in [-0.3, -0.25) is 0 Å². The zero-order chi connectivity index (χ0) is 9.84. The maximum absolute atomic E-state index is 11.4. The number of hydrogen-bond acceptors (Lipinski definition) is 1. The Morgan fingerprint density at radius 1 is 1.54 bits per heavy atom. The van der Waals surface area contributed by atoms with Gasteiger partial charge >= 0.3 is 6.03 Å². The molecule has 3 heteroatoms. The Hall–Kier alpha value is -1.17. The van der Waals surface area contributed by atoms with Crippen molar-refractivity contribution in [1.82, 2.24) is 10.2 Å². The minimum Gasteiger partial charge on any atom is -0.325 e. The van der Waals surface area contributed by atoms with Crippen LogP contribution in [0, 0.1) is 18.3 Å². The first kappa shape index (κ1) is 9.91. The van der Waals surface area contributed by atoms with E-state index in [0.29, 0.717) is 0 Å². The van der Waals surface area contributed by atoms with Crippen molar-refractivity contribution in [2.45, 2.75) is 26.3 Å². The number of carbonyl (C=O) groups is 1. The summed E-state index contributed by atoms with van der Waals surface area (Å²) in [5.74, 6) is 2.86. The number of urea groups is 1. The second-order valence-corrected chi connectivity index (χ2v) is 3.68. The molecule has 1 fully saturated rings.